The second kappa shape index (κ2) is 6.58. The fourth-order valence-electron chi connectivity index (χ4n) is 4.12. The third-order valence-corrected chi connectivity index (χ3v) is 5.50. The van der Waals surface area contributed by atoms with Crippen molar-refractivity contribution in [2.45, 2.75) is 83.8 Å². The number of rotatable bonds is 4. The van der Waals surface area contributed by atoms with Gasteiger partial charge in [-0.15, -0.1) is 0 Å². The molecule has 2 atom stereocenters. The molecule has 0 aromatic rings. The first-order valence-corrected chi connectivity index (χ1v) is 8.44. The predicted octanol–water partition coefficient (Wildman–Crippen LogP) is 3.73. The summed E-state index contributed by atoms with van der Waals surface area (Å²) in [5.74, 6) is 2.46. The molecule has 2 rings (SSSR count). The average molecular weight is 267 g/mol. The highest BCUT2D eigenvalue weighted by atomic mass is 16.3. The summed E-state index contributed by atoms with van der Waals surface area (Å²) in [4.78, 5) is 0. The molecule has 0 heterocycles. The first-order valence-electron chi connectivity index (χ1n) is 8.44. The molecular formula is C17H33NO. The van der Waals surface area contributed by atoms with Crippen molar-refractivity contribution in [1.29, 1.82) is 0 Å². The van der Waals surface area contributed by atoms with E-state index in [9.17, 15) is 5.11 Å². The minimum absolute atomic E-state index is 0.424. The molecule has 2 unspecified atom stereocenters. The van der Waals surface area contributed by atoms with Crippen molar-refractivity contribution in [3.63, 3.8) is 0 Å². The Hall–Kier alpha value is -0.0800. The Bertz CT molecular complexity index is 270. The summed E-state index contributed by atoms with van der Waals surface area (Å²) in [6.45, 7) is 7.79. The fraction of sp³-hybridized carbons (Fsp3) is 1.00. The van der Waals surface area contributed by atoms with Crippen LogP contribution in [0, 0.1) is 17.8 Å². The van der Waals surface area contributed by atoms with Gasteiger partial charge in [-0.3, -0.25) is 0 Å². The molecule has 2 nitrogen and oxygen atoms in total. The molecule has 0 aromatic heterocycles. The van der Waals surface area contributed by atoms with E-state index in [0.29, 0.717) is 12.0 Å². The van der Waals surface area contributed by atoms with Crippen molar-refractivity contribution in [2.24, 2.45) is 17.8 Å². The summed E-state index contributed by atoms with van der Waals surface area (Å²) in [6.07, 6.45) is 9.80. The largest absolute Gasteiger partial charge is 0.389 e. The van der Waals surface area contributed by atoms with Crippen LogP contribution in [0.1, 0.15) is 72.1 Å². The van der Waals surface area contributed by atoms with Gasteiger partial charge in [-0.05, 0) is 56.3 Å². The van der Waals surface area contributed by atoms with Gasteiger partial charge in [-0.25, -0.2) is 0 Å². The second-order valence-corrected chi connectivity index (χ2v) is 7.66. The fourth-order valence-corrected chi connectivity index (χ4v) is 4.12. The molecule has 19 heavy (non-hydrogen) atoms. The number of aliphatic hydroxyl groups is 1. The molecule has 2 saturated carbocycles. The maximum Gasteiger partial charge on any atom is 0.0774 e. The van der Waals surface area contributed by atoms with Gasteiger partial charge >= 0.3 is 0 Å². The third kappa shape index (κ3) is 4.46. The minimum Gasteiger partial charge on any atom is -0.389 e. The lowest BCUT2D eigenvalue weighted by Crippen LogP contribution is -2.47. The Morgan fingerprint density at radius 1 is 1.16 bits per heavy atom. The molecule has 0 bridgehead atoms. The molecule has 0 aliphatic heterocycles. The lowest BCUT2D eigenvalue weighted by molar-refractivity contribution is -0.0150. The van der Waals surface area contributed by atoms with Crippen molar-refractivity contribution >= 4 is 0 Å². The first kappa shape index (κ1) is 15.3. The van der Waals surface area contributed by atoms with E-state index in [0.717, 1.165) is 31.2 Å². The molecule has 112 valence electrons. The van der Waals surface area contributed by atoms with Crippen molar-refractivity contribution in [3.05, 3.63) is 0 Å². The zero-order valence-corrected chi connectivity index (χ0v) is 13.1. The normalized spacial score (nSPS) is 40.6. The van der Waals surface area contributed by atoms with Crippen LogP contribution in [0.25, 0.3) is 0 Å². The minimum atomic E-state index is -0.424. The van der Waals surface area contributed by atoms with Gasteiger partial charge < -0.3 is 10.4 Å². The predicted molar refractivity (Wildman–Crippen MR) is 81.2 cm³/mol. The molecule has 2 heteroatoms. The van der Waals surface area contributed by atoms with E-state index in [1.165, 1.54) is 38.5 Å². The highest BCUT2D eigenvalue weighted by molar-refractivity contribution is 4.89. The molecule has 2 fully saturated rings. The smallest absolute Gasteiger partial charge is 0.0774 e. The highest BCUT2D eigenvalue weighted by Crippen LogP contribution is 2.33. The van der Waals surface area contributed by atoms with E-state index in [1.807, 2.05) is 0 Å². The van der Waals surface area contributed by atoms with Gasteiger partial charge in [-0.2, -0.15) is 0 Å². The van der Waals surface area contributed by atoms with Crippen LogP contribution in [0.2, 0.25) is 0 Å². The average Bonchev–Trinajstić information content (AvgIpc) is 2.37. The topological polar surface area (TPSA) is 32.3 Å². The number of hydrogen-bond donors (Lipinski definition) is 2. The highest BCUT2D eigenvalue weighted by Gasteiger charge is 2.33. The Balaban J connectivity index is 1.71. The summed E-state index contributed by atoms with van der Waals surface area (Å²) in [5, 5.41) is 14.3. The molecule has 0 spiro atoms. The second-order valence-electron chi connectivity index (χ2n) is 7.66. The van der Waals surface area contributed by atoms with Crippen LogP contribution in [0.5, 0.6) is 0 Å². The van der Waals surface area contributed by atoms with Crippen molar-refractivity contribution in [2.75, 3.05) is 6.54 Å². The zero-order chi connectivity index (χ0) is 13.9. The van der Waals surface area contributed by atoms with Gasteiger partial charge in [-0.1, -0.05) is 33.6 Å². The molecule has 2 aliphatic carbocycles. The lowest BCUT2D eigenvalue weighted by atomic mass is 9.77. The summed E-state index contributed by atoms with van der Waals surface area (Å²) >= 11 is 0. The maximum atomic E-state index is 10.7. The molecule has 0 amide bonds. The van der Waals surface area contributed by atoms with E-state index in [2.05, 4.69) is 26.1 Å². The standard InChI is InChI=1S/C17H33NO/c1-13(2)15-6-8-16(9-7-15)18-12-17(19)10-4-5-14(3)11-17/h13-16,18-19H,4-12H2,1-3H3. The van der Waals surface area contributed by atoms with Crippen LogP contribution in [0.3, 0.4) is 0 Å². The summed E-state index contributed by atoms with van der Waals surface area (Å²) in [5.41, 5.74) is -0.424. The van der Waals surface area contributed by atoms with E-state index >= 15 is 0 Å². The summed E-state index contributed by atoms with van der Waals surface area (Å²) < 4.78 is 0. The van der Waals surface area contributed by atoms with Gasteiger partial charge in [0.05, 0.1) is 5.60 Å². The first-order chi connectivity index (χ1) is 8.98. The monoisotopic (exact) mass is 267 g/mol. The third-order valence-electron chi connectivity index (χ3n) is 5.50. The molecule has 0 radical (unpaired) electrons. The van der Waals surface area contributed by atoms with Crippen molar-refractivity contribution in [3.8, 4) is 0 Å². The van der Waals surface area contributed by atoms with Gasteiger partial charge in [0.15, 0.2) is 0 Å². The maximum absolute atomic E-state index is 10.7. The van der Waals surface area contributed by atoms with Crippen LogP contribution in [-0.4, -0.2) is 23.3 Å². The number of hydrogen-bond acceptors (Lipinski definition) is 2. The molecule has 0 aromatic carbocycles. The van der Waals surface area contributed by atoms with Crippen molar-refractivity contribution < 1.29 is 5.11 Å². The van der Waals surface area contributed by atoms with Crippen molar-refractivity contribution in [1.82, 2.24) is 5.32 Å². The Morgan fingerprint density at radius 2 is 1.84 bits per heavy atom. The Kier molecular flexibility index (Phi) is 5.30. The van der Waals surface area contributed by atoms with Gasteiger partial charge in [0.1, 0.15) is 0 Å². The van der Waals surface area contributed by atoms with Crippen LogP contribution in [-0.2, 0) is 0 Å². The quantitative estimate of drug-likeness (QED) is 0.813. The zero-order valence-electron chi connectivity index (χ0n) is 13.1. The van der Waals surface area contributed by atoms with Crippen LogP contribution in [0.15, 0.2) is 0 Å². The Labute approximate surface area is 119 Å². The summed E-state index contributed by atoms with van der Waals surface area (Å²) in [6, 6.07) is 0.649. The van der Waals surface area contributed by atoms with E-state index in [1.54, 1.807) is 0 Å². The molecule has 0 saturated heterocycles. The van der Waals surface area contributed by atoms with Crippen LogP contribution in [0.4, 0.5) is 0 Å². The van der Waals surface area contributed by atoms with Crippen LogP contribution >= 0.6 is 0 Å². The molecule has 2 N–H and O–H groups in total. The Morgan fingerprint density at radius 3 is 2.42 bits per heavy atom. The van der Waals surface area contributed by atoms with E-state index < -0.39 is 5.60 Å². The number of nitrogens with one attached hydrogen (secondary N) is 1. The van der Waals surface area contributed by atoms with Gasteiger partial charge in [0, 0.05) is 12.6 Å². The lowest BCUT2D eigenvalue weighted by Gasteiger charge is -2.38. The van der Waals surface area contributed by atoms with Crippen LogP contribution < -0.4 is 5.32 Å². The van der Waals surface area contributed by atoms with Gasteiger partial charge in [0.25, 0.3) is 0 Å². The molecular weight excluding hydrogens is 234 g/mol. The van der Waals surface area contributed by atoms with E-state index in [4.69, 9.17) is 0 Å². The SMILES string of the molecule is CC1CCCC(O)(CNC2CCC(C(C)C)CC2)C1. The van der Waals surface area contributed by atoms with E-state index in [-0.39, 0.29) is 0 Å². The van der Waals surface area contributed by atoms with Gasteiger partial charge in [0.2, 0.25) is 0 Å². The summed E-state index contributed by atoms with van der Waals surface area (Å²) in [7, 11) is 0. The molecule has 2 aliphatic rings.